The van der Waals surface area contributed by atoms with Crippen molar-refractivity contribution in [3.8, 4) is 0 Å². The minimum atomic E-state index is 0.198. The summed E-state index contributed by atoms with van der Waals surface area (Å²) >= 11 is 0. The molecule has 0 bridgehead atoms. The topological polar surface area (TPSA) is 24.9 Å². The maximum Gasteiger partial charge on any atom is 0.0657 e. The first-order valence-electron chi connectivity index (χ1n) is 7.81. The molecule has 0 radical (unpaired) electrons. The van der Waals surface area contributed by atoms with Gasteiger partial charge in [0, 0.05) is 11.9 Å². The Bertz CT molecular complexity index is 547. The highest BCUT2D eigenvalue weighted by Gasteiger charge is 2.16. The van der Waals surface area contributed by atoms with Crippen molar-refractivity contribution in [2.24, 2.45) is 0 Å². The second-order valence-corrected chi connectivity index (χ2v) is 6.24. The number of aromatic nitrogens is 1. The van der Waals surface area contributed by atoms with Crippen molar-refractivity contribution < 1.29 is 0 Å². The largest absolute Gasteiger partial charge is 0.376 e. The normalized spacial score (nSPS) is 12.7. The Balaban J connectivity index is 2.38. The molecule has 0 aliphatic heterocycles. The first kappa shape index (κ1) is 15.6. The molecule has 1 unspecified atom stereocenters. The third kappa shape index (κ3) is 3.63. The number of nitrogens with one attached hydrogen (secondary N) is 1. The maximum absolute atomic E-state index is 4.46. The Morgan fingerprint density at radius 1 is 0.810 bits per heavy atom. The van der Waals surface area contributed by atoms with Gasteiger partial charge in [-0.2, -0.15) is 0 Å². The molecule has 21 heavy (non-hydrogen) atoms. The van der Waals surface area contributed by atoms with Gasteiger partial charge >= 0.3 is 0 Å². The average molecular weight is 282 g/mol. The predicted octanol–water partition coefficient (Wildman–Crippen LogP) is 5.50. The fourth-order valence-corrected chi connectivity index (χ4v) is 2.64. The first-order chi connectivity index (χ1) is 10.0. The van der Waals surface area contributed by atoms with Crippen LogP contribution in [-0.4, -0.2) is 4.98 Å². The highest BCUT2D eigenvalue weighted by atomic mass is 14.9. The van der Waals surface area contributed by atoms with Crippen molar-refractivity contribution in [2.45, 2.75) is 52.5 Å². The van der Waals surface area contributed by atoms with Gasteiger partial charge in [0.25, 0.3) is 0 Å². The van der Waals surface area contributed by atoms with Gasteiger partial charge in [-0.1, -0.05) is 52.0 Å². The zero-order valence-electron chi connectivity index (χ0n) is 13.7. The van der Waals surface area contributed by atoms with E-state index in [0.29, 0.717) is 11.8 Å². The van der Waals surface area contributed by atoms with Crippen LogP contribution in [0, 0.1) is 0 Å². The molecule has 1 N–H and O–H groups in total. The summed E-state index contributed by atoms with van der Waals surface area (Å²) < 4.78 is 0. The first-order valence-corrected chi connectivity index (χ1v) is 7.81. The summed E-state index contributed by atoms with van der Waals surface area (Å²) in [7, 11) is 0. The van der Waals surface area contributed by atoms with Gasteiger partial charge in [0.2, 0.25) is 0 Å². The number of hydrogen-bond acceptors (Lipinski definition) is 2. The van der Waals surface area contributed by atoms with Gasteiger partial charge in [-0.25, -0.2) is 0 Å². The molecule has 112 valence electrons. The Morgan fingerprint density at radius 3 is 1.90 bits per heavy atom. The van der Waals surface area contributed by atoms with Crippen LogP contribution in [0.3, 0.4) is 0 Å². The van der Waals surface area contributed by atoms with Crippen LogP contribution in [0.1, 0.15) is 69.3 Å². The summed E-state index contributed by atoms with van der Waals surface area (Å²) in [5.41, 5.74) is 5.11. The number of anilines is 1. The van der Waals surface area contributed by atoms with E-state index in [1.807, 2.05) is 18.3 Å². The molecule has 2 rings (SSSR count). The summed E-state index contributed by atoms with van der Waals surface area (Å²) in [5.74, 6) is 1.00. The number of pyridine rings is 1. The molecule has 1 aromatic carbocycles. The molecule has 0 amide bonds. The zero-order valence-corrected chi connectivity index (χ0v) is 13.7. The molecule has 2 aromatic rings. The molecule has 0 aliphatic carbocycles. The van der Waals surface area contributed by atoms with E-state index in [4.69, 9.17) is 0 Å². The van der Waals surface area contributed by atoms with E-state index in [2.05, 4.69) is 69.2 Å². The summed E-state index contributed by atoms with van der Waals surface area (Å²) in [4.78, 5) is 4.46. The van der Waals surface area contributed by atoms with Crippen molar-refractivity contribution >= 4 is 5.69 Å². The Labute approximate surface area is 128 Å². The third-order valence-electron chi connectivity index (χ3n) is 3.87. The van der Waals surface area contributed by atoms with Gasteiger partial charge in [0.1, 0.15) is 0 Å². The highest BCUT2D eigenvalue weighted by molar-refractivity contribution is 5.60. The van der Waals surface area contributed by atoms with Crippen molar-refractivity contribution in [3.05, 3.63) is 59.4 Å². The van der Waals surface area contributed by atoms with Gasteiger partial charge < -0.3 is 5.32 Å². The van der Waals surface area contributed by atoms with Crippen LogP contribution in [0.4, 0.5) is 5.69 Å². The number of benzene rings is 1. The smallest absolute Gasteiger partial charge is 0.0657 e. The number of nitrogens with zero attached hydrogens (tertiary/aromatic N) is 1. The Kier molecular flexibility index (Phi) is 5.00. The van der Waals surface area contributed by atoms with Crippen LogP contribution in [0.15, 0.2) is 42.6 Å². The van der Waals surface area contributed by atoms with E-state index in [9.17, 15) is 0 Å². The minimum absolute atomic E-state index is 0.198. The van der Waals surface area contributed by atoms with Crippen molar-refractivity contribution in [3.63, 3.8) is 0 Å². The lowest BCUT2D eigenvalue weighted by Gasteiger charge is -2.24. The molecule has 0 spiro atoms. The second kappa shape index (κ2) is 6.75. The quantitative estimate of drug-likeness (QED) is 0.783. The van der Waals surface area contributed by atoms with E-state index in [1.165, 1.54) is 16.8 Å². The zero-order chi connectivity index (χ0) is 15.4. The van der Waals surface area contributed by atoms with Crippen LogP contribution in [0.5, 0.6) is 0 Å². The van der Waals surface area contributed by atoms with Crippen molar-refractivity contribution in [1.82, 2.24) is 4.98 Å². The van der Waals surface area contributed by atoms with Crippen LogP contribution < -0.4 is 5.32 Å². The predicted molar refractivity (Wildman–Crippen MR) is 90.9 cm³/mol. The molecule has 0 saturated carbocycles. The number of para-hydroxylation sites is 1. The maximum atomic E-state index is 4.46. The molecule has 1 atom stereocenters. The van der Waals surface area contributed by atoms with E-state index in [-0.39, 0.29) is 6.04 Å². The lowest BCUT2D eigenvalue weighted by atomic mass is 9.92. The van der Waals surface area contributed by atoms with E-state index >= 15 is 0 Å². The molecular weight excluding hydrogens is 256 g/mol. The van der Waals surface area contributed by atoms with Crippen LogP contribution >= 0.6 is 0 Å². The van der Waals surface area contributed by atoms with Gasteiger partial charge in [0.15, 0.2) is 0 Å². The average Bonchev–Trinajstić information content (AvgIpc) is 2.47. The lowest BCUT2D eigenvalue weighted by Crippen LogP contribution is -2.12. The van der Waals surface area contributed by atoms with Gasteiger partial charge in [-0.3, -0.25) is 4.98 Å². The molecule has 1 aromatic heterocycles. The van der Waals surface area contributed by atoms with E-state index in [1.54, 1.807) is 0 Å². The van der Waals surface area contributed by atoms with Crippen LogP contribution in [0.25, 0.3) is 0 Å². The number of hydrogen-bond donors (Lipinski definition) is 1. The molecule has 1 heterocycles. The number of rotatable bonds is 5. The fourth-order valence-electron chi connectivity index (χ4n) is 2.64. The molecule has 0 aliphatic rings. The third-order valence-corrected chi connectivity index (χ3v) is 3.87. The Morgan fingerprint density at radius 2 is 1.43 bits per heavy atom. The molecule has 2 nitrogen and oxygen atoms in total. The van der Waals surface area contributed by atoms with E-state index in [0.717, 1.165) is 5.69 Å². The van der Waals surface area contributed by atoms with Crippen LogP contribution in [0.2, 0.25) is 0 Å². The fraction of sp³-hybridized carbons (Fsp3) is 0.421. The summed E-state index contributed by atoms with van der Waals surface area (Å²) in [6.07, 6.45) is 1.85. The monoisotopic (exact) mass is 282 g/mol. The van der Waals surface area contributed by atoms with E-state index < -0.39 is 0 Å². The lowest BCUT2D eigenvalue weighted by molar-refractivity contribution is 0.796. The summed E-state index contributed by atoms with van der Waals surface area (Å²) in [5, 5.41) is 3.70. The summed E-state index contributed by atoms with van der Waals surface area (Å²) in [6.45, 7) is 11.2. The van der Waals surface area contributed by atoms with Gasteiger partial charge in [-0.15, -0.1) is 0 Å². The summed E-state index contributed by atoms with van der Waals surface area (Å²) in [6, 6.07) is 12.9. The van der Waals surface area contributed by atoms with Crippen molar-refractivity contribution in [1.29, 1.82) is 0 Å². The van der Waals surface area contributed by atoms with Crippen molar-refractivity contribution in [2.75, 3.05) is 5.32 Å². The molecular formula is C19H26N2. The van der Waals surface area contributed by atoms with Gasteiger partial charge in [0.05, 0.1) is 11.7 Å². The molecule has 0 fully saturated rings. The second-order valence-electron chi connectivity index (χ2n) is 6.24. The highest BCUT2D eigenvalue weighted by Crippen LogP contribution is 2.34. The SMILES string of the molecule is CC(C)c1cccc(C(C)C)c1NC(C)c1ccccn1. The Hall–Kier alpha value is -1.83. The molecule has 2 heteroatoms. The molecule has 0 saturated heterocycles. The van der Waals surface area contributed by atoms with Gasteiger partial charge in [-0.05, 0) is 42.0 Å². The standard InChI is InChI=1S/C19H26N2/c1-13(2)16-9-8-10-17(14(3)4)19(16)21-15(5)18-11-6-7-12-20-18/h6-15,21H,1-5H3. The van der Waals surface area contributed by atoms with Crippen LogP contribution in [-0.2, 0) is 0 Å². The minimum Gasteiger partial charge on any atom is -0.376 e.